The molecule has 1 aromatic rings. The smallest absolute Gasteiger partial charge is 0.227 e. The molecule has 0 radical (unpaired) electrons. The highest BCUT2D eigenvalue weighted by Gasteiger charge is 2.41. The minimum absolute atomic E-state index is 0.0228. The first-order chi connectivity index (χ1) is 13.9. The number of hydrogen-bond donors (Lipinski definition) is 2. The van der Waals surface area contributed by atoms with Gasteiger partial charge < -0.3 is 15.5 Å². The maximum Gasteiger partial charge on any atom is 0.227 e. The first-order valence-corrected chi connectivity index (χ1v) is 10.6. The lowest BCUT2D eigenvalue weighted by Gasteiger charge is -2.44. The molecule has 7 heteroatoms. The van der Waals surface area contributed by atoms with Crippen LogP contribution in [0.4, 0.5) is 10.1 Å². The summed E-state index contributed by atoms with van der Waals surface area (Å²) in [4.78, 5) is 38.7. The van der Waals surface area contributed by atoms with E-state index in [9.17, 15) is 18.8 Å². The third-order valence-corrected chi connectivity index (χ3v) is 6.81. The van der Waals surface area contributed by atoms with E-state index in [0.29, 0.717) is 30.5 Å². The van der Waals surface area contributed by atoms with E-state index in [2.05, 4.69) is 17.6 Å². The number of amides is 3. The van der Waals surface area contributed by atoms with Gasteiger partial charge in [-0.15, -0.1) is 0 Å². The molecule has 6 nitrogen and oxygen atoms in total. The average molecular weight is 401 g/mol. The van der Waals surface area contributed by atoms with Gasteiger partial charge in [-0.2, -0.15) is 0 Å². The fourth-order valence-corrected chi connectivity index (χ4v) is 5.23. The molecule has 1 aromatic carbocycles. The average Bonchev–Trinajstić information content (AvgIpc) is 3.09. The zero-order valence-corrected chi connectivity index (χ0v) is 16.7. The van der Waals surface area contributed by atoms with E-state index in [1.165, 1.54) is 12.1 Å². The van der Waals surface area contributed by atoms with Crippen LogP contribution >= 0.6 is 0 Å². The molecule has 5 unspecified atom stereocenters. The Morgan fingerprint density at radius 2 is 1.97 bits per heavy atom. The molecule has 0 bridgehead atoms. The van der Waals surface area contributed by atoms with E-state index in [1.54, 1.807) is 17.0 Å². The summed E-state index contributed by atoms with van der Waals surface area (Å²) in [7, 11) is 0. The van der Waals surface area contributed by atoms with Gasteiger partial charge in [0.15, 0.2) is 0 Å². The minimum Gasteiger partial charge on any atom is -0.353 e. The van der Waals surface area contributed by atoms with E-state index in [4.69, 9.17) is 0 Å². The molecule has 2 saturated heterocycles. The van der Waals surface area contributed by atoms with Crippen molar-refractivity contribution in [3.05, 3.63) is 30.1 Å². The van der Waals surface area contributed by atoms with Crippen LogP contribution in [0.5, 0.6) is 0 Å². The van der Waals surface area contributed by atoms with Gasteiger partial charge in [-0.3, -0.25) is 14.4 Å². The molecule has 4 rings (SSSR count). The van der Waals surface area contributed by atoms with Gasteiger partial charge in [0.1, 0.15) is 5.82 Å². The Morgan fingerprint density at radius 1 is 1.21 bits per heavy atom. The van der Waals surface area contributed by atoms with Crippen molar-refractivity contribution in [1.82, 2.24) is 10.6 Å². The lowest BCUT2D eigenvalue weighted by molar-refractivity contribution is -0.128. The Bertz CT molecular complexity index is 797. The van der Waals surface area contributed by atoms with Crippen LogP contribution in [0.1, 0.15) is 45.4 Å². The largest absolute Gasteiger partial charge is 0.353 e. The molecule has 1 saturated carbocycles. The second kappa shape index (κ2) is 8.13. The Balaban J connectivity index is 1.35. The van der Waals surface area contributed by atoms with E-state index in [1.807, 2.05) is 0 Å². The number of carbonyl (C=O) groups is 3. The van der Waals surface area contributed by atoms with E-state index < -0.39 is 5.92 Å². The molecule has 3 amide bonds. The highest BCUT2D eigenvalue weighted by molar-refractivity contribution is 6.00. The predicted molar refractivity (Wildman–Crippen MR) is 106 cm³/mol. The number of halogens is 1. The molecule has 0 spiro atoms. The maximum atomic E-state index is 13.1. The van der Waals surface area contributed by atoms with Crippen molar-refractivity contribution >= 4 is 23.4 Å². The normalized spacial score (nSPS) is 31.9. The molecule has 29 heavy (non-hydrogen) atoms. The van der Waals surface area contributed by atoms with E-state index in [-0.39, 0.29) is 42.0 Å². The van der Waals surface area contributed by atoms with Crippen molar-refractivity contribution < 1.29 is 18.8 Å². The Hall–Kier alpha value is -2.44. The van der Waals surface area contributed by atoms with Crippen molar-refractivity contribution in [3.63, 3.8) is 0 Å². The quantitative estimate of drug-likeness (QED) is 0.813. The standard InChI is InChI=1S/C22H28FN3O3/c1-2-13-9-20(27)25-19-11-16(5-8-18(13)19)24-22(29)14-10-21(28)26(12-14)17-6-3-15(23)4-7-17/h3-4,6-7,13-14,16,18-19H,2,5,8-12H2,1H3,(H,24,29)(H,25,27). The summed E-state index contributed by atoms with van der Waals surface area (Å²) in [5, 5.41) is 6.23. The van der Waals surface area contributed by atoms with Crippen LogP contribution in [0, 0.1) is 23.6 Å². The van der Waals surface area contributed by atoms with Crippen LogP contribution in [0.2, 0.25) is 0 Å². The summed E-state index contributed by atoms with van der Waals surface area (Å²) in [5.74, 6) is 0.0443. The first-order valence-electron chi connectivity index (χ1n) is 10.6. The SMILES string of the molecule is CCC1CC(=O)NC2CC(NC(=O)C3CC(=O)N(c4ccc(F)cc4)C3)CCC12. The molecule has 2 aliphatic heterocycles. The van der Waals surface area contributed by atoms with Crippen molar-refractivity contribution in [1.29, 1.82) is 0 Å². The third-order valence-electron chi connectivity index (χ3n) is 6.81. The number of rotatable bonds is 4. The molecule has 2 N–H and O–H groups in total. The van der Waals surface area contributed by atoms with Gasteiger partial charge >= 0.3 is 0 Å². The Morgan fingerprint density at radius 3 is 2.69 bits per heavy atom. The predicted octanol–water partition coefficient (Wildman–Crippen LogP) is 2.38. The second-order valence-electron chi connectivity index (χ2n) is 8.61. The molecule has 3 fully saturated rings. The molecule has 0 aromatic heterocycles. The molecular formula is C22H28FN3O3. The van der Waals surface area contributed by atoms with Crippen molar-refractivity contribution in [3.8, 4) is 0 Å². The van der Waals surface area contributed by atoms with Gasteiger partial charge in [0.05, 0.1) is 5.92 Å². The van der Waals surface area contributed by atoms with Crippen LogP contribution in [0.15, 0.2) is 24.3 Å². The number of nitrogens with one attached hydrogen (secondary N) is 2. The third kappa shape index (κ3) is 4.14. The van der Waals surface area contributed by atoms with Crippen LogP contribution in [0.25, 0.3) is 0 Å². The molecule has 156 valence electrons. The molecule has 1 aliphatic carbocycles. The summed E-state index contributed by atoms with van der Waals surface area (Å²) in [6.07, 6.45) is 4.44. The summed E-state index contributed by atoms with van der Waals surface area (Å²) in [6.45, 7) is 2.45. The molecule has 5 atom stereocenters. The number of carbonyl (C=O) groups excluding carboxylic acids is 3. The lowest BCUT2D eigenvalue weighted by Crippen LogP contribution is -2.55. The second-order valence-corrected chi connectivity index (χ2v) is 8.61. The zero-order valence-electron chi connectivity index (χ0n) is 16.7. The van der Waals surface area contributed by atoms with Gasteiger partial charge in [0.2, 0.25) is 17.7 Å². The fraction of sp³-hybridized carbons (Fsp3) is 0.591. The summed E-state index contributed by atoms with van der Waals surface area (Å²) >= 11 is 0. The van der Waals surface area contributed by atoms with Gasteiger partial charge in [-0.1, -0.05) is 13.3 Å². The van der Waals surface area contributed by atoms with Gasteiger partial charge in [-0.25, -0.2) is 4.39 Å². The van der Waals surface area contributed by atoms with E-state index >= 15 is 0 Å². The van der Waals surface area contributed by atoms with Crippen LogP contribution in [-0.4, -0.2) is 36.3 Å². The number of hydrogen-bond acceptors (Lipinski definition) is 3. The Labute approximate surface area is 170 Å². The van der Waals surface area contributed by atoms with Crippen LogP contribution < -0.4 is 15.5 Å². The van der Waals surface area contributed by atoms with Crippen molar-refractivity contribution in [2.45, 2.75) is 57.5 Å². The summed E-state index contributed by atoms with van der Waals surface area (Å²) in [6, 6.07) is 5.90. The minimum atomic E-state index is -0.408. The van der Waals surface area contributed by atoms with Crippen LogP contribution in [0.3, 0.4) is 0 Å². The highest BCUT2D eigenvalue weighted by atomic mass is 19.1. The lowest BCUT2D eigenvalue weighted by atomic mass is 9.70. The number of piperidine rings is 1. The topological polar surface area (TPSA) is 78.5 Å². The summed E-state index contributed by atoms with van der Waals surface area (Å²) in [5.41, 5.74) is 0.614. The molecular weight excluding hydrogens is 373 g/mol. The van der Waals surface area contributed by atoms with Gasteiger partial charge in [0, 0.05) is 37.2 Å². The number of anilines is 1. The molecule has 3 aliphatic rings. The fourth-order valence-electron chi connectivity index (χ4n) is 5.23. The maximum absolute atomic E-state index is 13.1. The van der Waals surface area contributed by atoms with Crippen molar-refractivity contribution in [2.24, 2.45) is 17.8 Å². The van der Waals surface area contributed by atoms with Gasteiger partial charge in [-0.05, 0) is 55.4 Å². The Kier molecular flexibility index (Phi) is 5.56. The van der Waals surface area contributed by atoms with Gasteiger partial charge in [0.25, 0.3) is 0 Å². The number of benzene rings is 1. The summed E-state index contributed by atoms with van der Waals surface area (Å²) < 4.78 is 13.1. The monoisotopic (exact) mass is 401 g/mol. The zero-order chi connectivity index (χ0) is 20.5. The number of fused-ring (bicyclic) bond motifs is 1. The highest BCUT2D eigenvalue weighted by Crippen LogP contribution is 2.37. The molecule has 2 heterocycles. The number of nitrogens with zero attached hydrogens (tertiary/aromatic N) is 1. The van der Waals surface area contributed by atoms with E-state index in [0.717, 1.165) is 25.7 Å². The van der Waals surface area contributed by atoms with Crippen LogP contribution in [-0.2, 0) is 14.4 Å². The van der Waals surface area contributed by atoms with Crippen molar-refractivity contribution in [2.75, 3.05) is 11.4 Å². The first kappa shape index (κ1) is 19.9.